The van der Waals surface area contributed by atoms with E-state index >= 15 is 0 Å². The summed E-state index contributed by atoms with van der Waals surface area (Å²) < 4.78 is 152. The Morgan fingerprint density at radius 3 is 0.579 bits per heavy atom. The Morgan fingerprint density at radius 2 is 0.474 bits per heavy atom. The number of quaternary nitrogens is 4. The molecule has 4 atom stereocenters. The number of hydrogen-bond donors (Lipinski definition) is 4. The monoisotopic (exact) mass is 1140 g/mol. The van der Waals surface area contributed by atoms with Gasteiger partial charge in [0.05, 0.1) is 96.6 Å². The van der Waals surface area contributed by atoms with Gasteiger partial charge in [-0.15, -0.1) is 0 Å². The molecule has 2 heterocycles. The van der Waals surface area contributed by atoms with Gasteiger partial charge < -0.3 is 60.1 Å². The fourth-order valence-electron chi connectivity index (χ4n) is 5.41. The van der Waals surface area contributed by atoms with Gasteiger partial charge in [0.25, 0.3) is 0 Å². The van der Waals surface area contributed by atoms with E-state index in [1.807, 2.05) is 0 Å². The van der Waals surface area contributed by atoms with Crippen LogP contribution in [0.3, 0.4) is 0 Å². The summed E-state index contributed by atoms with van der Waals surface area (Å²) in [4.78, 5) is -1.34. The third-order valence-corrected chi connectivity index (χ3v) is 14.2. The maximum atomic E-state index is 11.0. The van der Waals surface area contributed by atoms with Gasteiger partial charge in [0.2, 0.25) is 0 Å². The van der Waals surface area contributed by atoms with Crippen LogP contribution < -0.4 is 22.9 Å². The Kier molecular flexibility index (Phi) is 31.7. The first-order valence-electron chi connectivity index (χ1n) is 24.8. The lowest BCUT2D eigenvalue weighted by molar-refractivity contribution is -0.414. The number of hydrogen-bond acceptors (Lipinski definition) is 16. The highest BCUT2D eigenvalue weighted by atomic mass is 32.2. The summed E-state index contributed by atoms with van der Waals surface area (Å²) in [5, 5.41) is 4.62. The zero-order chi connectivity index (χ0) is 57.9. The predicted octanol–water partition coefficient (Wildman–Crippen LogP) is 3.78. The molecule has 12 N–H and O–H groups in total. The van der Waals surface area contributed by atoms with Crippen LogP contribution in [0, 0.1) is 0 Å². The maximum absolute atomic E-state index is 11.0. The molecule has 24 heteroatoms. The zero-order valence-electron chi connectivity index (χ0n) is 45.0. The van der Waals surface area contributed by atoms with Gasteiger partial charge in [0.15, 0.2) is 0 Å². The topological polar surface area (TPSA) is 376 Å². The molecule has 6 aromatic carbocycles. The fourth-order valence-corrected chi connectivity index (χ4v) is 7.43. The third-order valence-electron chi connectivity index (χ3n) is 10.9. The smallest absolute Gasteiger partial charge is 0.124 e. The number of rotatable bonds is 8. The van der Waals surface area contributed by atoms with Gasteiger partial charge in [-0.1, -0.05) is 52.0 Å². The van der Waals surface area contributed by atoms with E-state index < -0.39 is 40.5 Å². The van der Waals surface area contributed by atoms with Gasteiger partial charge in [-0.25, -0.2) is 33.7 Å². The Labute approximate surface area is 449 Å². The van der Waals surface area contributed by atoms with E-state index in [1.54, 1.807) is 24.3 Å². The van der Waals surface area contributed by atoms with Crippen LogP contribution in [0.1, 0.15) is 81.1 Å². The summed E-state index contributed by atoms with van der Waals surface area (Å²) >= 11 is 0. The van der Waals surface area contributed by atoms with Crippen molar-refractivity contribution in [2.24, 2.45) is 0 Å². The molecule has 0 aromatic heterocycles. The zero-order valence-corrected chi connectivity index (χ0v) is 48.3. The standard InChI is InChI=1S/2C14H10O6S2.4C4H11N.2C4H8O2/c2*15-21(16,17)13-3-1-9-5-12-8-14(22(18,19)20)4-2-10(12)6-11(9)7-13;4*1-3-4(2)5;2*1-2-6-4-3-5-1/h2*1-8H,(H,15,16,17)(H,18,19,20);4*4H,3,5H2,1-2H3;2*1-4H2/t;;4*4-;;/m..1100../s1. The third kappa shape index (κ3) is 28.3. The molecule has 0 spiro atoms. The van der Waals surface area contributed by atoms with Gasteiger partial charge in [0, 0.05) is 0 Å². The molecule has 20 nitrogen and oxygen atoms in total. The Balaban J connectivity index is 0.000000489. The number of fused-ring (bicyclic) bond motifs is 4. The van der Waals surface area contributed by atoms with Crippen molar-refractivity contribution >= 4 is 83.6 Å². The lowest BCUT2D eigenvalue weighted by Crippen LogP contribution is -2.58. The van der Waals surface area contributed by atoms with Crippen molar-refractivity contribution in [2.45, 2.75) is 125 Å². The first-order chi connectivity index (χ1) is 35.4. The molecule has 0 amide bonds. The predicted molar refractivity (Wildman–Crippen MR) is 289 cm³/mol. The summed E-state index contributed by atoms with van der Waals surface area (Å²) in [5.74, 6) is 0. The van der Waals surface area contributed by atoms with Gasteiger partial charge in [-0.2, -0.15) is 0 Å². The van der Waals surface area contributed by atoms with Crippen molar-refractivity contribution in [3.8, 4) is 0 Å². The molecule has 2 saturated heterocycles. The molecule has 0 saturated carbocycles. The molecule has 0 aliphatic carbocycles. The number of ether oxygens (including phenoxy) is 4. The molecule has 6 aromatic rings. The molecule has 2 aliphatic heterocycles. The minimum absolute atomic E-state index is 0.335. The van der Waals surface area contributed by atoms with E-state index in [-0.39, 0.29) is 19.6 Å². The SMILES string of the molecule is C1COCCO1.C1COCCO1.CC[C@@H](C)[NH3+].CC[C@@H](C)[NH3+].CC[C@H](C)[NH3+].CC[C@H](C)[NH3+].O=S(=O)([O-])c1ccc2cc3cc(S(=O)(=O)[O-])ccc3cc2c1.O=S(=O)([O-])c1ccc2cc3cc(S(=O)(=O)[O-])ccc3cc2c1. The van der Waals surface area contributed by atoms with Gasteiger partial charge in [0.1, 0.15) is 40.5 Å². The quantitative estimate of drug-likeness (QED) is 0.124. The van der Waals surface area contributed by atoms with Gasteiger partial charge >= 0.3 is 0 Å². The molecule has 8 rings (SSSR count). The average Bonchev–Trinajstić information content (AvgIpc) is 3.37. The average molecular weight is 1150 g/mol. The minimum Gasteiger partial charge on any atom is -0.744 e. The molecular weight excluding hydrogens is 1060 g/mol. The van der Waals surface area contributed by atoms with Crippen LogP contribution in [0.15, 0.2) is 117 Å². The highest BCUT2D eigenvalue weighted by molar-refractivity contribution is 7.86. The van der Waals surface area contributed by atoms with Gasteiger partial charge in [-0.05, 0) is 169 Å². The summed E-state index contributed by atoms with van der Waals surface area (Å²) in [6.07, 6.45) is 4.78. The maximum Gasteiger partial charge on any atom is 0.124 e. The van der Waals surface area contributed by atoms with E-state index in [9.17, 15) is 51.9 Å². The Hall–Kier alpha value is -4.32. The lowest BCUT2D eigenvalue weighted by atomic mass is 10.0. The van der Waals surface area contributed by atoms with Crippen molar-refractivity contribution in [3.05, 3.63) is 97.1 Å². The van der Waals surface area contributed by atoms with Crippen molar-refractivity contribution in [3.63, 3.8) is 0 Å². The van der Waals surface area contributed by atoms with Gasteiger partial charge in [-0.3, -0.25) is 0 Å². The fraction of sp³-hybridized carbons (Fsp3) is 0.462. The van der Waals surface area contributed by atoms with Crippen LogP contribution in [0.2, 0.25) is 0 Å². The Bertz CT molecular complexity index is 2700. The normalized spacial score (nSPS) is 15.2. The first kappa shape index (κ1) is 69.7. The molecule has 0 unspecified atom stereocenters. The first-order valence-corrected chi connectivity index (χ1v) is 30.4. The van der Waals surface area contributed by atoms with Crippen LogP contribution in [0.25, 0.3) is 43.1 Å². The van der Waals surface area contributed by atoms with E-state index in [0.29, 0.717) is 67.3 Å². The molecule has 76 heavy (non-hydrogen) atoms. The van der Waals surface area contributed by atoms with Crippen molar-refractivity contribution in [1.29, 1.82) is 0 Å². The molecule has 428 valence electrons. The lowest BCUT2D eigenvalue weighted by Gasteiger charge is -2.11. The van der Waals surface area contributed by atoms with Crippen molar-refractivity contribution in [1.82, 2.24) is 0 Å². The Morgan fingerprint density at radius 1 is 0.329 bits per heavy atom. The van der Waals surface area contributed by atoms with E-state index in [4.69, 9.17) is 18.9 Å². The van der Waals surface area contributed by atoms with Crippen LogP contribution in [0.5, 0.6) is 0 Å². The van der Waals surface area contributed by atoms with E-state index in [1.165, 1.54) is 98.5 Å². The minimum atomic E-state index is -4.54. The number of benzene rings is 6. The summed E-state index contributed by atoms with van der Waals surface area (Å²) in [6.45, 7) is 23.2. The van der Waals surface area contributed by atoms with Crippen LogP contribution in [0.4, 0.5) is 0 Å². The van der Waals surface area contributed by atoms with E-state index in [2.05, 4.69) is 78.3 Å². The molecule has 2 aliphatic rings. The summed E-state index contributed by atoms with van der Waals surface area (Å²) in [7, 11) is -18.2. The summed E-state index contributed by atoms with van der Waals surface area (Å²) in [5.41, 5.74) is 15.0. The molecule has 0 bridgehead atoms. The molecular formula is C52H80N4O16S4. The van der Waals surface area contributed by atoms with Crippen LogP contribution in [-0.2, 0) is 59.4 Å². The second-order valence-corrected chi connectivity index (χ2v) is 23.6. The van der Waals surface area contributed by atoms with Crippen LogP contribution in [-0.4, -0.2) is 129 Å². The highest BCUT2D eigenvalue weighted by Crippen LogP contribution is 2.28. The van der Waals surface area contributed by atoms with Crippen molar-refractivity contribution in [2.75, 3.05) is 52.9 Å². The van der Waals surface area contributed by atoms with Crippen molar-refractivity contribution < 1.29 is 93.8 Å². The van der Waals surface area contributed by atoms with E-state index in [0.717, 1.165) is 52.9 Å². The summed E-state index contributed by atoms with van der Waals surface area (Å²) in [6, 6.07) is 24.6. The largest absolute Gasteiger partial charge is 0.744 e. The van der Waals surface area contributed by atoms with Crippen LogP contribution >= 0.6 is 0 Å². The second kappa shape index (κ2) is 34.5. The molecule has 0 radical (unpaired) electrons. The highest BCUT2D eigenvalue weighted by Gasteiger charge is 2.09. The molecule has 2 fully saturated rings. The second-order valence-electron chi connectivity index (χ2n) is 18.1.